The molecule has 29 heavy (non-hydrogen) atoms. The summed E-state index contributed by atoms with van der Waals surface area (Å²) >= 11 is 0. The molecule has 0 spiro atoms. The number of phenols is 2. The largest absolute Gasteiger partial charge is 0.504 e. The van der Waals surface area contributed by atoms with Crippen LogP contribution in [0.5, 0.6) is 17.2 Å². The van der Waals surface area contributed by atoms with E-state index in [1.807, 2.05) is 0 Å². The van der Waals surface area contributed by atoms with Gasteiger partial charge in [0.15, 0.2) is 11.5 Å². The van der Waals surface area contributed by atoms with Gasteiger partial charge in [-0.15, -0.1) is 0 Å². The summed E-state index contributed by atoms with van der Waals surface area (Å²) in [4.78, 5) is 11.2. The van der Waals surface area contributed by atoms with E-state index in [-0.39, 0.29) is 11.5 Å². The summed E-state index contributed by atoms with van der Waals surface area (Å²) in [6.07, 6.45) is 20.1. The van der Waals surface area contributed by atoms with Crippen molar-refractivity contribution in [3.8, 4) is 17.2 Å². The van der Waals surface area contributed by atoms with Crippen LogP contribution in [0.4, 0.5) is 0 Å². The van der Waals surface area contributed by atoms with Gasteiger partial charge in [0.25, 0.3) is 0 Å². The lowest BCUT2D eigenvalue weighted by atomic mass is 10.0. The van der Waals surface area contributed by atoms with Crippen molar-refractivity contribution >= 4 is 5.97 Å². The molecule has 0 aromatic heterocycles. The highest BCUT2D eigenvalue weighted by Crippen LogP contribution is 2.37. The Kier molecular flexibility index (Phi) is 14.1. The Hall–Kier alpha value is -1.71. The first-order valence-electron chi connectivity index (χ1n) is 11.8. The second-order valence-corrected chi connectivity index (χ2v) is 8.20. The topological polar surface area (TPSA) is 66.8 Å². The van der Waals surface area contributed by atoms with Gasteiger partial charge in [0.05, 0.1) is 0 Å². The summed E-state index contributed by atoms with van der Waals surface area (Å²) < 4.78 is 5.15. The SMILES string of the molecule is CCCCCCCCCCCCCCCCCc1c(OC(C)=O)ccc(O)c1O. The van der Waals surface area contributed by atoms with Crippen molar-refractivity contribution in [1.82, 2.24) is 0 Å². The molecule has 0 heterocycles. The highest BCUT2D eigenvalue weighted by molar-refractivity contribution is 5.70. The number of hydrogen-bond acceptors (Lipinski definition) is 4. The number of aromatic hydroxyl groups is 2. The lowest BCUT2D eigenvalue weighted by Gasteiger charge is -2.12. The number of carbonyl (C=O) groups excluding carboxylic acids is 1. The Morgan fingerprint density at radius 2 is 1.21 bits per heavy atom. The van der Waals surface area contributed by atoms with E-state index in [0.29, 0.717) is 17.7 Å². The second kappa shape index (κ2) is 16.1. The van der Waals surface area contributed by atoms with Crippen LogP contribution in [-0.2, 0) is 11.2 Å². The molecule has 0 saturated heterocycles. The molecule has 1 aromatic carbocycles. The van der Waals surface area contributed by atoms with Gasteiger partial charge in [-0.1, -0.05) is 96.8 Å². The summed E-state index contributed by atoms with van der Waals surface area (Å²) in [5.41, 5.74) is 0.523. The van der Waals surface area contributed by atoms with Crippen LogP contribution in [-0.4, -0.2) is 16.2 Å². The van der Waals surface area contributed by atoms with Crippen LogP contribution in [0.1, 0.15) is 116 Å². The molecule has 2 N–H and O–H groups in total. The molecule has 1 aromatic rings. The number of rotatable bonds is 17. The molecule has 0 aliphatic rings. The summed E-state index contributed by atoms with van der Waals surface area (Å²) in [7, 11) is 0. The molecular weight excluding hydrogens is 364 g/mol. The summed E-state index contributed by atoms with van der Waals surface area (Å²) in [6.45, 7) is 3.60. The van der Waals surface area contributed by atoms with Crippen LogP contribution >= 0.6 is 0 Å². The predicted octanol–water partition coefficient (Wildman–Crippen LogP) is 7.44. The van der Waals surface area contributed by atoms with E-state index in [4.69, 9.17) is 4.74 Å². The van der Waals surface area contributed by atoms with Crippen LogP contribution < -0.4 is 4.74 Å². The average Bonchev–Trinajstić information content (AvgIpc) is 2.69. The Balaban J connectivity index is 2.05. The third kappa shape index (κ3) is 11.8. The minimum Gasteiger partial charge on any atom is -0.504 e. The zero-order chi connectivity index (χ0) is 21.3. The molecule has 4 nitrogen and oxygen atoms in total. The Bertz CT molecular complexity index is 568. The molecule has 0 aliphatic heterocycles. The summed E-state index contributed by atoms with van der Waals surface area (Å²) in [5.74, 6) is -0.419. The number of esters is 1. The first kappa shape index (κ1) is 25.3. The monoisotopic (exact) mass is 406 g/mol. The molecule has 4 heteroatoms. The number of benzene rings is 1. The van der Waals surface area contributed by atoms with Crippen molar-refractivity contribution in [1.29, 1.82) is 0 Å². The zero-order valence-electron chi connectivity index (χ0n) is 18.7. The third-order valence-corrected chi connectivity index (χ3v) is 5.50. The standard InChI is InChI=1S/C25H42O4/c1-3-4-5-6-7-8-9-10-11-12-13-14-15-16-17-18-22-24(29-21(2)26)20-19-23(27)25(22)28/h19-20,27-28H,3-18H2,1-2H3. The van der Waals surface area contributed by atoms with E-state index >= 15 is 0 Å². The fraction of sp³-hybridized carbons (Fsp3) is 0.720. The smallest absolute Gasteiger partial charge is 0.308 e. The number of unbranched alkanes of at least 4 members (excludes halogenated alkanes) is 14. The van der Waals surface area contributed by atoms with Crippen molar-refractivity contribution in [2.24, 2.45) is 0 Å². The highest BCUT2D eigenvalue weighted by Gasteiger charge is 2.14. The van der Waals surface area contributed by atoms with Gasteiger partial charge in [0.1, 0.15) is 5.75 Å². The molecule has 0 aliphatic carbocycles. The quantitative estimate of drug-likeness (QED) is 0.122. The van der Waals surface area contributed by atoms with E-state index in [9.17, 15) is 15.0 Å². The van der Waals surface area contributed by atoms with Gasteiger partial charge >= 0.3 is 5.97 Å². The van der Waals surface area contributed by atoms with Gasteiger partial charge < -0.3 is 14.9 Å². The van der Waals surface area contributed by atoms with Gasteiger partial charge in [-0.2, -0.15) is 0 Å². The summed E-state index contributed by atoms with van der Waals surface area (Å²) in [5, 5.41) is 19.8. The maximum Gasteiger partial charge on any atom is 0.308 e. The summed E-state index contributed by atoms with van der Waals surface area (Å²) in [6, 6.07) is 2.89. The molecule has 0 atom stereocenters. The van der Waals surface area contributed by atoms with Gasteiger partial charge in [0, 0.05) is 12.5 Å². The van der Waals surface area contributed by atoms with E-state index in [2.05, 4.69) is 6.92 Å². The van der Waals surface area contributed by atoms with Gasteiger partial charge in [-0.25, -0.2) is 0 Å². The maximum absolute atomic E-state index is 11.2. The fourth-order valence-corrected chi connectivity index (χ4v) is 3.77. The molecule has 1 rings (SSSR count). The number of carbonyl (C=O) groups is 1. The minimum absolute atomic E-state index is 0.170. The Morgan fingerprint density at radius 1 is 0.759 bits per heavy atom. The average molecular weight is 407 g/mol. The minimum atomic E-state index is -0.423. The van der Waals surface area contributed by atoms with Crippen molar-refractivity contribution < 1.29 is 19.7 Å². The van der Waals surface area contributed by atoms with Gasteiger partial charge in [0.2, 0.25) is 0 Å². The molecule has 0 fully saturated rings. The molecule has 166 valence electrons. The second-order valence-electron chi connectivity index (χ2n) is 8.20. The van der Waals surface area contributed by atoms with Crippen molar-refractivity contribution in [2.45, 2.75) is 117 Å². The third-order valence-electron chi connectivity index (χ3n) is 5.50. The van der Waals surface area contributed by atoms with Gasteiger partial charge in [-0.05, 0) is 25.0 Å². The maximum atomic E-state index is 11.2. The molecule has 0 amide bonds. The van der Waals surface area contributed by atoms with Crippen LogP contribution in [0.25, 0.3) is 0 Å². The fourth-order valence-electron chi connectivity index (χ4n) is 3.77. The van der Waals surface area contributed by atoms with E-state index in [1.165, 1.54) is 103 Å². The molecule has 0 bridgehead atoms. The van der Waals surface area contributed by atoms with Gasteiger partial charge in [-0.3, -0.25) is 4.79 Å². The van der Waals surface area contributed by atoms with Crippen molar-refractivity contribution in [3.05, 3.63) is 17.7 Å². The lowest BCUT2D eigenvalue weighted by molar-refractivity contribution is -0.131. The first-order chi connectivity index (χ1) is 14.1. The molecule has 0 unspecified atom stereocenters. The van der Waals surface area contributed by atoms with Crippen LogP contribution in [0.3, 0.4) is 0 Å². The normalized spacial score (nSPS) is 11.0. The highest BCUT2D eigenvalue weighted by atomic mass is 16.5. The van der Waals surface area contributed by atoms with E-state index in [0.717, 1.165) is 12.8 Å². The zero-order valence-corrected chi connectivity index (χ0v) is 18.7. The predicted molar refractivity (Wildman–Crippen MR) is 120 cm³/mol. The van der Waals surface area contributed by atoms with Crippen LogP contribution in [0, 0.1) is 0 Å². The van der Waals surface area contributed by atoms with Crippen LogP contribution in [0.2, 0.25) is 0 Å². The van der Waals surface area contributed by atoms with E-state index < -0.39 is 5.97 Å². The van der Waals surface area contributed by atoms with Crippen molar-refractivity contribution in [2.75, 3.05) is 0 Å². The number of hydrogen-bond donors (Lipinski definition) is 2. The Morgan fingerprint density at radius 3 is 1.66 bits per heavy atom. The molecule has 0 radical (unpaired) electrons. The first-order valence-corrected chi connectivity index (χ1v) is 11.8. The number of phenolic OH excluding ortho intramolecular Hbond substituents is 2. The van der Waals surface area contributed by atoms with Crippen LogP contribution in [0.15, 0.2) is 12.1 Å². The van der Waals surface area contributed by atoms with Crippen molar-refractivity contribution in [3.63, 3.8) is 0 Å². The lowest BCUT2D eigenvalue weighted by Crippen LogP contribution is -2.04. The van der Waals surface area contributed by atoms with E-state index in [1.54, 1.807) is 0 Å². The number of ether oxygens (including phenoxy) is 1. The molecule has 0 saturated carbocycles. The Labute approximate surface area is 177 Å². The molecular formula is C25H42O4.